The Morgan fingerprint density at radius 2 is 1.90 bits per heavy atom. The molecule has 0 radical (unpaired) electrons. The van der Waals surface area contributed by atoms with E-state index >= 15 is 0 Å². The van der Waals surface area contributed by atoms with Crippen LogP contribution in [0.25, 0.3) is 0 Å². The van der Waals surface area contributed by atoms with Gasteiger partial charge in [-0.05, 0) is 51.3 Å². The average molecular weight is 293 g/mol. The Labute approximate surface area is 122 Å². The number of ether oxygens (including phenoxy) is 1. The highest BCUT2D eigenvalue weighted by Gasteiger charge is 2.51. The zero-order valence-corrected chi connectivity index (χ0v) is 12.3. The second-order valence-corrected chi connectivity index (χ2v) is 6.25. The van der Waals surface area contributed by atoms with E-state index in [-0.39, 0.29) is 11.4 Å². The van der Waals surface area contributed by atoms with Gasteiger partial charge in [0.25, 0.3) is 0 Å². The van der Waals surface area contributed by atoms with Crippen molar-refractivity contribution in [2.45, 2.75) is 44.6 Å². The van der Waals surface area contributed by atoms with Crippen molar-refractivity contribution >= 4 is 17.7 Å². The maximum absolute atomic E-state index is 11.7. The number of rotatable bonds is 3. The summed E-state index contributed by atoms with van der Waals surface area (Å²) in [7, 11) is 0. The van der Waals surface area contributed by atoms with Gasteiger partial charge < -0.3 is 14.9 Å². The van der Waals surface area contributed by atoms with Gasteiger partial charge in [-0.2, -0.15) is 0 Å². The van der Waals surface area contributed by atoms with E-state index in [0.29, 0.717) is 18.4 Å². The van der Waals surface area contributed by atoms with E-state index in [1.165, 1.54) is 12.1 Å². The maximum Gasteiger partial charge on any atom is 0.412 e. The molecule has 1 aliphatic rings. The van der Waals surface area contributed by atoms with Crippen LogP contribution in [0.3, 0.4) is 0 Å². The van der Waals surface area contributed by atoms with Crippen molar-refractivity contribution in [3.63, 3.8) is 0 Å². The van der Waals surface area contributed by atoms with Gasteiger partial charge >= 0.3 is 12.1 Å². The van der Waals surface area contributed by atoms with Crippen LogP contribution in [-0.4, -0.2) is 27.9 Å². The Balaban J connectivity index is 2.21. The number of carboxylic acid groups (broad SMARTS) is 1. The molecule has 1 saturated carbocycles. The molecule has 6 heteroatoms. The van der Waals surface area contributed by atoms with E-state index in [2.05, 4.69) is 5.32 Å². The number of carboxylic acids is 1. The van der Waals surface area contributed by atoms with Gasteiger partial charge in [-0.1, -0.05) is 6.07 Å². The van der Waals surface area contributed by atoms with Crippen molar-refractivity contribution in [3.8, 4) is 5.75 Å². The Bertz CT molecular complexity index is 584. The largest absolute Gasteiger partial charge is 0.506 e. The molecule has 0 bridgehead atoms. The fraction of sp³-hybridized carbons (Fsp3) is 0.467. The predicted octanol–water partition coefficient (Wildman–Crippen LogP) is 2.86. The molecular formula is C15H19NO5. The van der Waals surface area contributed by atoms with Gasteiger partial charge in [0.05, 0.1) is 11.1 Å². The van der Waals surface area contributed by atoms with Crippen molar-refractivity contribution in [1.82, 2.24) is 0 Å². The Hall–Kier alpha value is -2.24. The fourth-order valence-electron chi connectivity index (χ4n) is 2.10. The highest BCUT2D eigenvalue weighted by atomic mass is 16.6. The lowest BCUT2D eigenvalue weighted by Crippen LogP contribution is -2.27. The lowest BCUT2D eigenvalue weighted by molar-refractivity contribution is -0.140. The summed E-state index contributed by atoms with van der Waals surface area (Å²) in [5, 5.41) is 21.5. The van der Waals surface area contributed by atoms with Crippen molar-refractivity contribution in [1.29, 1.82) is 0 Å². The first kappa shape index (κ1) is 15.2. The number of aromatic hydroxyl groups is 1. The Morgan fingerprint density at radius 3 is 2.38 bits per heavy atom. The van der Waals surface area contributed by atoms with E-state index in [0.717, 1.165) is 0 Å². The van der Waals surface area contributed by atoms with Crippen LogP contribution in [0.2, 0.25) is 0 Å². The number of hydrogen-bond acceptors (Lipinski definition) is 4. The smallest absolute Gasteiger partial charge is 0.412 e. The minimum Gasteiger partial charge on any atom is -0.506 e. The number of nitrogens with one attached hydrogen (secondary N) is 1. The van der Waals surface area contributed by atoms with Crippen LogP contribution in [0, 0.1) is 0 Å². The Kier molecular flexibility index (Phi) is 3.57. The van der Waals surface area contributed by atoms with Gasteiger partial charge in [-0.15, -0.1) is 0 Å². The van der Waals surface area contributed by atoms with Gasteiger partial charge in [-0.25, -0.2) is 4.79 Å². The van der Waals surface area contributed by atoms with Crippen LogP contribution in [0.5, 0.6) is 5.75 Å². The number of anilines is 1. The summed E-state index contributed by atoms with van der Waals surface area (Å²) in [6.45, 7) is 5.19. The van der Waals surface area contributed by atoms with Gasteiger partial charge in [0.1, 0.15) is 11.4 Å². The molecule has 1 amide bonds. The molecule has 0 unspecified atom stereocenters. The molecule has 1 aliphatic carbocycles. The molecule has 0 spiro atoms. The molecule has 1 fully saturated rings. The van der Waals surface area contributed by atoms with Crippen LogP contribution >= 0.6 is 0 Å². The number of carbonyl (C=O) groups excluding carboxylic acids is 1. The van der Waals surface area contributed by atoms with Crippen LogP contribution in [-0.2, 0) is 14.9 Å². The first-order valence-corrected chi connectivity index (χ1v) is 6.71. The van der Waals surface area contributed by atoms with Gasteiger partial charge in [0.15, 0.2) is 0 Å². The third-order valence-electron chi connectivity index (χ3n) is 3.34. The summed E-state index contributed by atoms with van der Waals surface area (Å²) in [6, 6.07) is 4.43. The first-order valence-electron chi connectivity index (χ1n) is 6.71. The van der Waals surface area contributed by atoms with Gasteiger partial charge in [0, 0.05) is 0 Å². The van der Waals surface area contributed by atoms with E-state index in [1.54, 1.807) is 26.8 Å². The molecule has 0 heterocycles. The molecule has 0 aromatic heterocycles. The monoisotopic (exact) mass is 293 g/mol. The van der Waals surface area contributed by atoms with E-state index < -0.39 is 23.1 Å². The van der Waals surface area contributed by atoms with Crippen molar-refractivity contribution in [2.75, 3.05) is 5.32 Å². The van der Waals surface area contributed by atoms with E-state index in [9.17, 15) is 19.8 Å². The highest BCUT2D eigenvalue weighted by Crippen LogP contribution is 2.49. The van der Waals surface area contributed by atoms with E-state index in [4.69, 9.17) is 4.74 Å². The number of phenolic OH excluding ortho intramolecular Hbond substituents is 1. The zero-order valence-electron chi connectivity index (χ0n) is 12.3. The molecule has 21 heavy (non-hydrogen) atoms. The van der Waals surface area contributed by atoms with Crippen LogP contribution < -0.4 is 5.32 Å². The molecule has 0 saturated heterocycles. The highest BCUT2D eigenvalue weighted by molar-refractivity contribution is 5.89. The minimum atomic E-state index is -0.892. The first-order chi connectivity index (χ1) is 9.64. The van der Waals surface area contributed by atoms with Crippen molar-refractivity contribution < 1.29 is 24.5 Å². The summed E-state index contributed by atoms with van der Waals surface area (Å²) >= 11 is 0. The molecule has 2 rings (SSSR count). The number of benzene rings is 1. The summed E-state index contributed by atoms with van der Waals surface area (Å²) in [5.41, 5.74) is -0.832. The normalized spacial score (nSPS) is 16.1. The second-order valence-electron chi connectivity index (χ2n) is 6.25. The molecule has 0 atom stereocenters. The lowest BCUT2D eigenvalue weighted by atomic mass is 9.95. The van der Waals surface area contributed by atoms with Crippen molar-refractivity contribution in [3.05, 3.63) is 23.8 Å². The standard InChI is InChI=1S/C15H19NO5/c1-14(2,3)21-13(20)16-10-8-9(4-5-11(10)17)15(6-7-15)12(18)19/h4-5,8,17H,6-7H2,1-3H3,(H,16,20)(H,18,19). The predicted molar refractivity (Wildman–Crippen MR) is 76.5 cm³/mol. The summed E-state index contributed by atoms with van der Waals surface area (Å²) in [5.74, 6) is -1.03. The van der Waals surface area contributed by atoms with Gasteiger partial charge in [0.2, 0.25) is 0 Å². The third kappa shape index (κ3) is 3.26. The molecule has 6 nitrogen and oxygen atoms in total. The molecule has 0 aliphatic heterocycles. The molecule has 1 aromatic carbocycles. The Morgan fingerprint density at radius 1 is 1.29 bits per heavy atom. The maximum atomic E-state index is 11.7. The second kappa shape index (κ2) is 4.95. The molecule has 1 aromatic rings. The number of hydrogen-bond donors (Lipinski definition) is 3. The summed E-state index contributed by atoms with van der Waals surface area (Å²) < 4.78 is 5.11. The fourth-order valence-corrected chi connectivity index (χ4v) is 2.10. The van der Waals surface area contributed by atoms with E-state index in [1.807, 2.05) is 0 Å². The molecule has 114 valence electrons. The number of carbonyl (C=O) groups is 2. The summed E-state index contributed by atoms with van der Waals surface area (Å²) in [6.07, 6.45) is 0.410. The number of amides is 1. The quantitative estimate of drug-likeness (QED) is 0.745. The summed E-state index contributed by atoms with van der Waals surface area (Å²) in [4.78, 5) is 23.0. The van der Waals surface area contributed by atoms with Crippen molar-refractivity contribution in [2.24, 2.45) is 0 Å². The lowest BCUT2D eigenvalue weighted by Gasteiger charge is -2.20. The SMILES string of the molecule is CC(C)(C)OC(=O)Nc1cc(C2(C(=O)O)CC2)ccc1O. The van der Waals surface area contributed by atoms with Crippen LogP contribution in [0.15, 0.2) is 18.2 Å². The number of phenols is 1. The topological polar surface area (TPSA) is 95.9 Å². The average Bonchev–Trinajstić information content (AvgIpc) is 3.10. The third-order valence-corrected chi connectivity index (χ3v) is 3.34. The molecule has 3 N–H and O–H groups in total. The molecular weight excluding hydrogens is 274 g/mol. The van der Waals surface area contributed by atoms with Crippen LogP contribution in [0.4, 0.5) is 10.5 Å². The van der Waals surface area contributed by atoms with Gasteiger partial charge in [-0.3, -0.25) is 10.1 Å². The number of aliphatic carboxylic acids is 1. The zero-order chi connectivity index (χ0) is 15.8. The van der Waals surface area contributed by atoms with Crippen LogP contribution in [0.1, 0.15) is 39.2 Å². The minimum absolute atomic E-state index is 0.134.